The van der Waals surface area contributed by atoms with Crippen molar-refractivity contribution < 1.29 is 9.21 Å². The molecular weight excluding hydrogens is 446 g/mol. The number of aryl methyl sites for hydroxylation is 1. The fourth-order valence-corrected chi connectivity index (χ4v) is 3.58. The van der Waals surface area contributed by atoms with Crippen LogP contribution >= 0.6 is 27.7 Å². The lowest BCUT2D eigenvalue weighted by molar-refractivity contribution is 0.0994. The molecule has 11 heteroatoms. The van der Waals surface area contributed by atoms with Crippen molar-refractivity contribution in [1.82, 2.24) is 30.0 Å². The third-order valence-electron chi connectivity index (χ3n) is 3.73. The van der Waals surface area contributed by atoms with Gasteiger partial charge in [-0.15, -0.1) is 5.10 Å². The first-order valence-electron chi connectivity index (χ1n) is 8.16. The Morgan fingerprint density at radius 3 is 2.96 bits per heavy atom. The third-order valence-corrected chi connectivity index (χ3v) is 5.33. The van der Waals surface area contributed by atoms with Crippen LogP contribution in [-0.2, 0) is 13.6 Å². The van der Waals surface area contributed by atoms with E-state index in [1.54, 1.807) is 34.7 Å². The molecule has 0 bridgehead atoms. The van der Waals surface area contributed by atoms with Gasteiger partial charge in [0, 0.05) is 28.8 Å². The minimum absolute atomic E-state index is 0.221. The number of anilines is 1. The van der Waals surface area contributed by atoms with Crippen LogP contribution in [0.4, 0.5) is 5.69 Å². The predicted octanol–water partition coefficient (Wildman–Crippen LogP) is 3.21. The molecule has 4 aromatic rings. The molecule has 1 N–H and O–H groups in total. The number of nitrogens with one attached hydrogen (secondary N) is 1. The minimum atomic E-state index is -0.345. The summed E-state index contributed by atoms with van der Waals surface area (Å²) in [5.41, 5.74) is 0.623. The van der Waals surface area contributed by atoms with Crippen molar-refractivity contribution in [3.63, 3.8) is 0 Å². The summed E-state index contributed by atoms with van der Waals surface area (Å²) < 4.78 is 9.78. The molecule has 3 heterocycles. The van der Waals surface area contributed by atoms with Gasteiger partial charge in [-0.25, -0.2) is 4.68 Å². The van der Waals surface area contributed by atoms with Gasteiger partial charge in [-0.05, 0) is 58.6 Å². The van der Waals surface area contributed by atoms with Crippen LogP contribution in [-0.4, -0.2) is 35.9 Å². The molecule has 1 amide bonds. The van der Waals surface area contributed by atoms with Crippen LogP contribution in [0.5, 0.6) is 0 Å². The van der Waals surface area contributed by atoms with E-state index in [9.17, 15) is 4.79 Å². The van der Waals surface area contributed by atoms with Crippen molar-refractivity contribution in [2.24, 2.45) is 7.05 Å². The molecular formula is C17H14BrN7O2S. The van der Waals surface area contributed by atoms with Crippen molar-refractivity contribution in [2.75, 3.05) is 5.32 Å². The van der Waals surface area contributed by atoms with Crippen LogP contribution in [0.15, 0.2) is 67.7 Å². The quantitative estimate of drug-likeness (QED) is 0.471. The fraction of sp³-hybridized carbons (Fsp3) is 0.118. The van der Waals surface area contributed by atoms with Crippen LogP contribution < -0.4 is 5.32 Å². The molecule has 1 aromatic carbocycles. The Morgan fingerprint density at radius 1 is 1.32 bits per heavy atom. The number of amides is 1. The molecule has 4 rings (SSSR count). The Bertz CT molecular complexity index is 1110. The molecule has 0 aliphatic rings. The highest BCUT2D eigenvalue weighted by Gasteiger charge is 2.16. The fourth-order valence-electron chi connectivity index (χ4n) is 2.42. The smallest absolute Gasteiger partial charge is 0.291 e. The van der Waals surface area contributed by atoms with Crippen LogP contribution in [0.25, 0.3) is 0 Å². The van der Waals surface area contributed by atoms with Crippen molar-refractivity contribution in [1.29, 1.82) is 0 Å². The van der Waals surface area contributed by atoms with Gasteiger partial charge in [0.25, 0.3) is 5.91 Å². The van der Waals surface area contributed by atoms with E-state index in [0.29, 0.717) is 23.1 Å². The number of carbonyl (C=O) groups excluding carboxylic acids is 1. The van der Waals surface area contributed by atoms with E-state index >= 15 is 0 Å². The summed E-state index contributed by atoms with van der Waals surface area (Å²) in [4.78, 5) is 13.5. The lowest BCUT2D eigenvalue weighted by atomic mass is 10.3. The first-order chi connectivity index (χ1) is 13.6. The Labute approximate surface area is 172 Å². The Morgan fingerprint density at radius 2 is 2.21 bits per heavy atom. The van der Waals surface area contributed by atoms with Gasteiger partial charge in [0.1, 0.15) is 5.76 Å². The van der Waals surface area contributed by atoms with Crippen molar-refractivity contribution >= 4 is 39.3 Å². The molecule has 142 valence electrons. The average molecular weight is 460 g/mol. The molecule has 0 aliphatic heterocycles. The maximum atomic E-state index is 12.7. The molecule has 0 radical (unpaired) electrons. The molecule has 3 aromatic heterocycles. The minimum Gasteiger partial charge on any atom is -0.454 e. The van der Waals surface area contributed by atoms with Crippen LogP contribution in [0.1, 0.15) is 16.3 Å². The van der Waals surface area contributed by atoms with Gasteiger partial charge >= 0.3 is 0 Å². The predicted molar refractivity (Wildman–Crippen MR) is 105 cm³/mol. The van der Waals surface area contributed by atoms with Gasteiger partial charge in [0.15, 0.2) is 5.76 Å². The summed E-state index contributed by atoms with van der Waals surface area (Å²) >= 11 is 4.78. The molecule has 0 saturated carbocycles. The summed E-state index contributed by atoms with van der Waals surface area (Å²) in [6.45, 7) is 0.456. The van der Waals surface area contributed by atoms with E-state index < -0.39 is 0 Å². The highest BCUT2D eigenvalue weighted by Crippen LogP contribution is 2.34. The van der Waals surface area contributed by atoms with Gasteiger partial charge in [-0.3, -0.25) is 9.48 Å². The van der Waals surface area contributed by atoms with E-state index in [2.05, 4.69) is 41.9 Å². The van der Waals surface area contributed by atoms with Crippen molar-refractivity contribution in [3.05, 3.63) is 64.8 Å². The zero-order chi connectivity index (χ0) is 19.5. The number of hydrogen-bond donors (Lipinski definition) is 1. The first-order valence-corrected chi connectivity index (χ1v) is 9.77. The number of carbonyl (C=O) groups is 1. The maximum absolute atomic E-state index is 12.7. The number of tetrazole rings is 1. The number of hydrogen-bond acceptors (Lipinski definition) is 7. The SMILES string of the molecule is Cn1nnnc1Sc1ccc(Br)cc1NC(=O)c1ccc(Cn2cccn2)o1. The average Bonchev–Trinajstić information content (AvgIpc) is 3.41. The van der Waals surface area contributed by atoms with E-state index in [-0.39, 0.29) is 11.7 Å². The van der Waals surface area contributed by atoms with Crippen molar-refractivity contribution in [3.8, 4) is 0 Å². The third kappa shape index (κ3) is 4.15. The van der Waals surface area contributed by atoms with Crippen LogP contribution in [0, 0.1) is 0 Å². The Balaban J connectivity index is 1.52. The van der Waals surface area contributed by atoms with E-state index in [0.717, 1.165) is 9.37 Å². The molecule has 0 aliphatic carbocycles. The standard InChI is InChI=1S/C17H14BrN7O2S/c1-24-17(21-22-23-24)28-15-6-3-11(18)9-13(15)20-16(26)14-5-4-12(27-14)10-25-8-2-7-19-25/h2-9H,10H2,1H3,(H,20,26). The molecule has 0 saturated heterocycles. The number of benzene rings is 1. The molecule has 0 unspecified atom stereocenters. The number of rotatable bonds is 6. The number of nitrogens with zero attached hydrogens (tertiary/aromatic N) is 6. The largest absolute Gasteiger partial charge is 0.454 e. The molecule has 0 spiro atoms. The molecule has 0 fully saturated rings. The number of furan rings is 1. The zero-order valence-electron chi connectivity index (χ0n) is 14.6. The lowest BCUT2D eigenvalue weighted by Crippen LogP contribution is -2.12. The monoisotopic (exact) mass is 459 g/mol. The highest BCUT2D eigenvalue weighted by atomic mass is 79.9. The molecule has 0 atom stereocenters. The Kier molecular flexibility index (Phi) is 5.26. The van der Waals surface area contributed by atoms with Gasteiger partial charge in [0.05, 0.1) is 12.2 Å². The van der Waals surface area contributed by atoms with Gasteiger partial charge in [-0.1, -0.05) is 15.9 Å². The van der Waals surface area contributed by atoms with E-state index in [4.69, 9.17) is 4.42 Å². The zero-order valence-corrected chi connectivity index (χ0v) is 17.0. The van der Waals surface area contributed by atoms with Crippen LogP contribution in [0.2, 0.25) is 0 Å². The number of aromatic nitrogens is 6. The molecule has 28 heavy (non-hydrogen) atoms. The Hall–Kier alpha value is -2.92. The van der Waals surface area contributed by atoms with E-state index in [1.807, 2.05) is 30.5 Å². The van der Waals surface area contributed by atoms with E-state index in [1.165, 1.54) is 11.8 Å². The maximum Gasteiger partial charge on any atom is 0.291 e. The lowest BCUT2D eigenvalue weighted by Gasteiger charge is -2.10. The van der Waals surface area contributed by atoms with Crippen molar-refractivity contribution in [2.45, 2.75) is 16.6 Å². The first kappa shape index (κ1) is 18.4. The summed E-state index contributed by atoms with van der Waals surface area (Å²) in [5.74, 6) is 0.518. The number of halogens is 1. The van der Waals surface area contributed by atoms with Gasteiger partial charge in [0.2, 0.25) is 5.16 Å². The second-order valence-electron chi connectivity index (χ2n) is 5.75. The molecule has 9 nitrogen and oxygen atoms in total. The second-order valence-corrected chi connectivity index (χ2v) is 7.68. The summed E-state index contributed by atoms with van der Waals surface area (Å²) in [5, 5.41) is 19.0. The second kappa shape index (κ2) is 7.98. The van der Waals surface area contributed by atoms with Gasteiger partial charge in [-0.2, -0.15) is 5.10 Å². The van der Waals surface area contributed by atoms with Crippen LogP contribution in [0.3, 0.4) is 0 Å². The summed E-state index contributed by atoms with van der Waals surface area (Å²) in [7, 11) is 1.75. The van der Waals surface area contributed by atoms with Gasteiger partial charge < -0.3 is 9.73 Å². The highest BCUT2D eigenvalue weighted by molar-refractivity contribution is 9.10. The topological polar surface area (TPSA) is 104 Å². The normalized spacial score (nSPS) is 10.9. The summed E-state index contributed by atoms with van der Waals surface area (Å²) in [6, 6.07) is 10.8. The summed E-state index contributed by atoms with van der Waals surface area (Å²) in [6.07, 6.45) is 3.52.